The highest BCUT2D eigenvalue weighted by Gasteiger charge is 2.09. The number of hydrogen-bond donors (Lipinski definition) is 1. The standard InChI is InChI=1S/C13H18BrNO/c1-4-15(8-10(2)3)13-6-5-12(14)7-11(13)9-16/h5-7,16H,2,4,8-9H2,1,3H3. The molecule has 0 radical (unpaired) electrons. The number of anilines is 1. The van der Waals surface area contributed by atoms with Gasteiger partial charge in [-0.25, -0.2) is 0 Å². The minimum absolute atomic E-state index is 0.0570. The Labute approximate surface area is 106 Å². The molecule has 1 N–H and O–H groups in total. The maximum absolute atomic E-state index is 9.35. The van der Waals surface area contributed by atoms with Gasteiger partial charge in [0.2, 0.25) is 0 Å². The molecule has 0 saturated carbocycles. The lowest BCUT2D eigenvalue weighted by atomic mass is 10.1. The van der Waals surface area contributed by atoms with E-state index in [-0.39, 0.29) is 6.61 Å². The molecule has 0 aromatic heterocycles. The van der Waals surface area contributed by atoms with Crippen LogP contribution in [-0.4, -0.2) is 18.2 Å². The van der Waals surface area contributed by atoms with Crippen molar-refractivity contribution in [3.05, 3.63) is 40.4 Å². The van der Waals surface area contributed by atoms with E-state index < -0.39 is 0 Å². The van der Waals surface area contributed by atoms with Crippen molar-refractivity contribution in [2.75, 3.05) is 18.0 Å². The van der Waals surface area contributed by atoms with Crippen molar-refractivity contribution in [1.82, 2.24) is 0 Å². The largest absolute Gasteiger partial charge is 0.392 e. The predicted molar refractivity (Wildman–Crippen MR) is 72.8 cm³/mol. The Morgan fingerprint density at radius 3 is 2.69 bits per heavy atom. The molecule has 0 aliphatic carbocycles. The maximum atomic E-state index is 9.35. The molecule has 0 heterocycles. The first-order valence-electron chi connectivity index (χ1n) is 5.37. The van der Waals surface area contributed by atoms with E-state index in [1.807, 2.05) is 25.1 Å². The number of rotatable bonds is 5. The molecule has 3 heteroatoms. The van der Waals surface area contributed by atoms with Gasteiger partial charge in [-0.15, -0.1) is 0 Å². The summed E-state index contributed by atoms with van der Waals surface area (Å²) in [7, 11) is 0. The van der Waals surface area contributed by atoms with Gasteiger partial charge < -0.3 is 10.0 Å². The molecule has 0 aliphatic heterocycles. The van der Waals surface area contributed by atoms with Crippen LogP contribution < -0.4 is 4.90 Å². The van der Waals surface area contributed by atoms with Crippen molar-refractivity contribution in [3.8, 4) is 0 Å². The van der Waals surface area contributed by atoms with Gasteiger partial charge in [0.15, 0.2) is 0 Å². The Kier molecular flexibility index (Phi) is 5.03. The molecule has 88 valence electrons. The Hall–Kier alpha value is -0.800. The zero-order valence-corrected chi connectivity index (χ0v) is 11.4. The number of likely N-dealkylation sites (N-methyl/N-ethyl adjacent to an activating group) is 1. The summed E-state index contributed by atoms with van der Waals surface area (Å²) < 4.78 is 0.992. The number of halogens is 1. The first kappa shape index (κ1) is 13.3. The molecule has 16 heavy (non-hydrogen) atoms. The minimum Gasteiger partial charge on any atom is -0.392 e. The van der Waals surface area contributed by atoms with Crippen LogP contribution in [0.3, 0.4) is 0 Å². The Morgan fingerprint density at radius 1 is 1.50 bits per heavy atom. The summed E-state index contributed by atoms with van der Waals surface area (Å²) in [5, 5.41) is 9.35. The number of aliphatic hydroxyl groups is 1. The second-order valence-electron chi connectivity index (χ2n) is 3.90. The second-order valence-corrected chi connectivity index (χ2v) is 4.82. The van der Waals surface area contributed by atoms with Crippen LogP contribution in [0.1, 0.15) is 19.4 Å². The van der Waals surface area contributed by atoms with Crippen LogP contribution in [0.15, 0.2) is 34.8 Å². The van der Waals surface area contributed by atoms with Crippen LogP contribution in [-0.2, 0) is 6.61 Å². The fraction of sp³-hybridized carbons (Fsp3) is 0.385. The van der Waals surface area contributed by atoms with E-state index in [4.69, 9.17) is 0 Å². The van der Waals surface area contributed by atoms with Crippen molar-refractivity contribution in [2.24, 2.45) is 0 Å². The van der Waals surface area contributed by atoms with Crippen LogP contribution in [0.25, 0.3) is 0 Å². The molecule has 1 aromatic carbocycles. The highest BCUT2D eigenvalue weighted by molar-refractivity contribution is 9.10. The average molecular weight is 284 g/mol. The molecule has 0 aliphatic rings. The zero-order valence-electron chi connectivity index (χ0n) is 9.83. The van der Waals surface area contributed by atoms with Crippen molar-refractivity contribution in [3.63, 3.8) is 0 Å². The van der Waals surface area contributed by atoms with Crippen molar-refractivity contribution >= 4 is 21.6 Å². The van der Waals surface area contributed by atoms with Gasteiger partial charge in [0, 0.05) is 28.8 Å². The number of hydrogen-bond acceptors (Lipinski definition) is 2. The van der Waals surface area contributed by atoms with Gasteiger partial charge in [0.1, 0.15) is 0 Å². The van der Waals surface area contributed by atoms with Crippen molar-refractivity contribution < 1.29 is 5.11 Å². The number of nitrogens with zero attached hydrogens (tertiary/aromatic N) is 1. The third kappa shape index (κ3) is 3.35. The van der Waals surface area contributed by atoms with Gasteiger partial charge in [-0.3, -0.25) is 0 Å². The molecular weight excluding hydrogens is 266 g/mol. The van der Waals surface area contributed by atoms with E-state index in [0.717, 1.165) is 34.4 Å². The fourth-order valence-corrected chi connectivity index (χ4v) is 2.09. The topological polar surface area (TPSA) is 23.5 Å². The summed E-state index contributed by atoms with van der Waals surface area (Å²) in [5.74, 6) is 0. The fourth-order valence-electron chi connectivity index (χ4n) is 1.68. The van der Waals surface area contributed by atoms with Crippen LogP contribution in [0.5, 0.6) is 0 Å². The molecule has 0 saturated heterocycles. The molecule has 0 amide bonds. The number of benzene rings is 1. The second kappa shape index (κ2) is 6.06. The van der Waals surface area contributed by atoms with Gasteiger partial charge >= 0.3 is 0 Å². The molecule has 0 fully saturated rings. The monoisotopic (exact) mass is 283 g/mol. The Balaban J connectivity index is 3.03. The summed E-state index contributed by atoms with van der Waals surface area (Å²) in [6.07, 6.45) is 0. The lowest BCUT2D eigenvalue weighted by Gasteiger charge is -2.25. The first-order chi connectivity index (χ1) is 7.58. The highest BCUT2D eigenvalue weighted by Crippen LogP contribution is 2.25. The zero-order chi connectivity index (χ0) is 12.1. The first-order valence-corrected chi connectivity index (χ1v) is 6.16. The molecule has 0 atom stereocenters. The normalized spacial score (nSPS) is 10.2. The maximum Gasteiger partial charge on any atom is 0.0702 e. The van der Waals surface area contributed by atoms with Crippen LogP contribution in [0.4, 0.5) is 5.69 Å². The average Bonchev–Trinajstić information content (AvgIpc) is 2.25. The van der Waals surface area contributed by atoms with Crippen LogP contribution in [0.2, 0.25) is 0 Å². The van der Waals surface area contributed by atoms with E-state index >= 15 is 0 Å². The van der Waals surface area contributed by atoms with Gasteiger partial charge in [0.25, 0.3) is 0 Å². The molecule has 0 spiro atoms. The highest BCUT2D eigenvalue weighted by atomic mass is 79.9. The molecule has 2 nitrogen and oxygen atoms in total. The van der Waals surface area contributed by atoms with E-state index in [2.05, 4.69) is 34.3 Å². The summed E-state index contributed by atoms with van der Waals surface area (Å²) in [6, 6.07) is 5.98. The van der Waals surface area contributed by atoms with Gasteiger partial charge in [-0.1, -0.05) is 28.1 Å². The van der Waals surface area contributed by atoms with Gasteiger partial charge in [0.05, 0.1) is 6.61 Å². The Morgan fingerprint density at radius 2 is 2.19 bits per heavy atom. The van der Waals surface area contributed by atoms with Crippen molar-refractivity contribution in [1.29, 1.82) is 0 Å². The predicted octanol–water partition coefficient (Wildman–Crippen LogP) is 3.34. The molecular formula is C13H18BrNO. The number of aliphatic hydroxyl groups excluding tert-OH is 1. The van der Waals surface area contributed by atoms with E-state index in [1.165, 1.54) is 0 Å². The summed E-state index contributed by atoms with van der Waals surface area (Å²) in [4.78, 5) is 2.21. The third-order valence-corrected chi connectivity index (χ3v) is 2.89. The van der Waals surface area contributed by atoms with Gasteiger partial charge in [-0.05, 0) is 32.0 Å². The summed E-state index contributed by atoms with van der Waals surface area (Å²) in [6.45, 7) is 9.83. The van der Waals surface area contributed by atoms with Crippen molar-refractivity contribution in [2.45, 2.75) is 20.5 Å². The molecule has 0 bridgehead atoms. The minimum atomic E-state index is 0.0570. The lowest BCUT2D eigenvalue weighted by Crippen LogP contribution is -2.25. The molecule has 1 aromatic rings. The summed E-state index contributed by atoms with van der Waals surface area (Å²) >= 11 is 3.41. The third-order valence-electron chi connectivity index (χ3n) is 2.40. The quantitative estimate of drug-likeness (QED) is 0.838. The van der Waals surface area contributed by atoms with Gasteiger partial charge in [-0.2, -0.15) is 0 Å². The van der Waals surface area contributed by atoms with E-state index in [0.29, 0.717) is 0 Å². The van der Waals surface area contributed by atoms with E-state index in [1.54, 1.807) is 0 Å². The van der Waals surface area contributed by atoms with E-state index in [9.17, 15) is 5.11 Å². The van der Waals surface area contributed by atoms with Crippen LogP contribution in [0, 0.1) is 0 Å². The Bertz CT molecular complexity index is 376. The summed E-state index contributed by atoms with van der Waals surface area (Å²) in [5.41, 5.74) is 3.14. The SMILES string of the molecule is C=C(C)CN(CC)c1ccc(Br)cc1CO. The van der Waals surface area contributed by atoms with Crippen LogP contribution >= 0.6 is 15.9 Å². The smallest absolute Gasteiger partial charge is 0.0702 e. The molecule has 0 unspecified atom stereocenters. The lowest BCUT2D eigenvalue weighted by molar-refractivity contribution is 0.282. The molecule has 1 rings (SSSR count).